The molecule has 2 N–H and O–H groups in total. The Morgan fingerprint density at radius 1 is 1.00 bits per heavy atom. The molecule has 0 saturated carbocycles. The SMILES string of the molecule is O=C(NCC(O)COc1ccc(C(F)(F)F)cc1)c1ccc(=O)n(CCOc2ccccc2)n1. The average molecular weight is 477 g/mol. The van der Waals surface area contributed by atoms with Gasteiger partial charge in [-0.1, -0.05) is 18.2 Å². The number of para-hydroxylation sites is 1. The first-order valence-corrected chi connectivity index (χ1v) is 10.2. The van der Waals surface area contributed by atoms with Crippen LogP contribution in [0, 0.1) is 0 Å². The number of hydrogen-bond acceptors (Lipinski definition) is 6. The lowest BCUT2D eigenvalue weighted by Crippen LogP contribution is -2.37. The zero-order chi connectivity index (χ0) is 24.6. The van der Waals surface area contributed by atoms with Crippen molar-refractivity contribution < 1.29 is 32.5 Å². The van der Waals surface area contributed by atoms with E-state index in [9.17, 15) is 27.9 Å². The van der Waals surface area contributed by atoms with E-state index < -0.39 is 29.3 Å². The van der Waals surface area contributed by atoms with Crippen LogP contribution in [0.15, 0.2) is 71.5 Å². The second-order valence-electron chi connectivity index (χ2n) is 7.14. The van der Waals surface area contributed by atoms with Crippen LogP contribution in [0.5, 0.6) is 11.5 Å². The van der Waals surface area contributed by atoms with Gasteiger partial charge in [0, 0.05) is 12.6 Å². The number of amides is 1. The number of aliphatic hydroxyl groups is 1. The Labute approximate surface area is 192 Å². The predicted octanol–water partition coefficient (Wildman–Crippen LogP) is 2.51. The second-order valence-corrected chi connectivity index (χ2v) is 7.14. The van der Waals surface area contributed by atoms with E-state index in [0.29, 0.717) is 5.75 Å². The molecule has 0 aliphatic carbocycles. The lowest BCUT2D eigenvalue weighted by Gasteiger charge is -2.14. The minimum Gasteiger partial charge on any atom is -0.492 e. The van der Waals surface area contributed by atoms with Gasteiger partial charge in [-0.2, -0.15) is 18.3 Å². The molecular formula is C23H22F3N3O5. The molecule has 0 bridgehead atoms. The summed E-state index contributed by atoms with van der Waals surface area (Å²) in [6.07, 6.45) is -5.58. The zero-order valence-electron chi connectivity index (χ0n) is 17.9. The molecule has 1 atom stereocenters. The first kappa shape index (κ1) is 24.8. The molecule has 0 aliphatic rings. The molecule has 0 aliphatic heterocycles. The fraction of sp³-hybridized carbons (Fsp3) is 0.261. The van der Waals surface area contributed by atoms with E-state index in [0.717, 1.165) is 28.9 Å². The van der Waals surface area contributed by atoms with E-state index in [4.69, 9.17) is 9.47 Å². The number of ether oxygens (including phenoxy) is 2. The van der Waals surface area contributed by atoms with Gasteiger partial charge < -0.3 is 19.9 Å². The number of rotatable bonds is 10. The fourth-order valence-corrected chi connectivity index (χ4v) is 2.79. The average Bonchev–Trinajstić information content (AvgIpc) is 2.82. The first-order chi connectivity index (χ1) is 16.2. The van der Waals surface area contributed by atoms with Gasteiger partial charge in [-0.3, -0.25) is 9.59 Å². The highest BCUT2D eigenvalue weighted by Crippen LogP contribution is 2.30. The normalized spacial score (nSPS) is 12.1. The molecule has 1 heterocycles. The maximum absolute atomic E-state index is 12.6. The molecule has 3 aromatic rings. The van der Waals surface area contributed by atoms with Gasteiger partial charge in [-0.05, 0) is 42.5 Å². The van der Waals surface area contributed by atoms with Crippen LogP contribution in [0.25, 0.3) is 0 Å². The summed E-state index contributed by atoms with van der Waals surface area (Å²) in [7, 11) is 0. The van der Waals surface area contributed by atoms with Crippen molar-refractivity contribution in [2.24, 2.45) is 0 Å². The summed E-state index contributed by atoms with van der Waals surface area (Å²) in [5.41, 5.74) is -1.25. The number of halogens is 3. The molecule has 1 unspecified atom stereocenters. The molecule has 0 saturated heterocycles. The minimum absolute atomic E-state index is 0.0323. The summed E-state index contributed by atoms with van der Waals surface area (Å²) in [6, 6.07) is 15.5. The summed E-state index contributed by atoms with van der Waals surface area (Å²) >= 11 is 0. The van der Waals surface area contributed by atoms with Crippen molar-refractivity contribution in [2.45, 2.75) is 18.8 Å². The van der Waals surface area contributed by atoms with Crippen molar-refractivity contribution in [3.63, 3.8) is 0 Å². The summed E-state index contributed by atoms with van der Waals surface area (Å²) in [6.45, 7) is -0.159. The van der Waals surface area contributed by atoms with E-state index in [1.165, 1.54) is 12.1 Å². The quantitative estimate of drug-likeness (QED) is 0.465. The van der Waals surface area contributed by atoms with Crippen molar-refractivity contribution in [1.29, 1.82) is 0 Å². The smallest absolute Gasteiger partial charge is 0.416 e. The number of aliphatic hydroxyl groups excluding tert-OH is 1. The summed E-state index contributed by atoms with van der Waals surface area (Å²) in [5, 5.41) is 16.5. The Bertz CT molecular complexity index is 1140. The van der Waals surface area contributed by atoms with Gasteiger partial charge in [0.1, 0.15) is 36.5 Å². The number of benzene rings is 2. The molecule has 2 aromatic carbocycles. The van der Waals surface area contributed by atoms with Crippen molar-refractivity contribution in [2.75, 3.05) is 19.8 Å². The molecule has 0 fully saturated rings. The molecule has 1 aromatic heterocycles. The first-order valence-electron chi connectivity index (χ1n) is 10.2. The lowest BCUT2D eigenvalue weighted by atomic mass is 10.2. The molecule has 8 nitrogen and oxygen atoms in total. The third-order valence-electron chi connectivity index (χ3n) is 4.54. The Kier molecular flexibility index (Phi) is 8.25. The number of carbonyl (C=O) groups is 1. The molecular weight excluding hydrogens is 455 g/mol. The van der Waals surface area contributed by atoms with Gasteiger partial charge in [-0.25, -0.2) is 4.68 Å². The molecule has 11 heteroatoms. The van der Waals surface area contributed by atoms with E-state index >= 15 is 0 Å². The highest BCUT2D eigenvalue weighted by molar-refractivity contribution is 5.91. The molecule has 3 rings (SSSR count). The van der Waals surface area contributed by atoms with Crippen molar-refractivity contribution in [3.05, 3.63) is 88.3 Å². The van der Waals surface area contributed by atoms with Crippen LogP contribution in [-0.2, 0) is 12.7 Å². The Morgan fingerprint density at radius 3 is 2.35 bits per heavy atom. The van der Waals surface area contributed by atoms with Crippen LogP contribution < -0.4 is 20.3 Å². The van der Waals surface area contributed by atoms with Gasteiger partial charge >= 0.3 is 6.18 Å². The number of nitrogens with zero attached hydrogens (tertiary/aromatic N) is 2. The van der Waals surface area contributed by atoms with Crippen molar-refractivity contribution in [1.82, 2.24) is 15.1 Å². The molecule has 180 valence electrons. The summed E-state index contributed by atoms with van der Waals surface area (Å²) in [5.74, 6) is 0.160. The maximum Gasteiger partial charge on any atom is 0.416 e. The summed E-state index contributed by atoms with van der Waals surface area (Å²) in [4.78, 5) is 24.3. The predicted molar refractivity (Wildman–Crippen MR) is 116 cm³/mol. The van der Waals surface area contributed by atoms with Gasteiger partial charge in [-0.15, -0.1) is 0 Å². The lowest BCUT2D eigenvalue weighted by molar-refractivity contribution is -0.137. The Balaban J connectivity index is 1.46. The maximum atomic E-state index is 12.6. The van der Waals surface area contributed by atoms with Crippen LogP contribution >= 0.6 is 0 Å². The van der Waals surface area contributed by atoms with Gasteiger partial charge in [0.05, 0.1) is 12.1 Å². The van der Waals surface area contributed by atoms with Gasteiger partial charge in [0.2, 0.25) is 0 Å². The standard InChI is InChI=1S/C23H22F3N3O5/c24-23(25,26)16-6-8-19(9-7-16)34-15-17(30)14-27-22(32)20-10-11-21(31)29(28-20)12-13-33-18-4-2-1-3-5-18/h1-11,17,30H,12-15H2,(H,27,32). The second kappa shape index (κ2) is 11.3. The molecule has 1 amide bonds. The molecule has 34 heavy (non-hydrogen) atoms. The Morgan fingerprint density at radius 2 is 1.68 bits per heavy atom. The number of carbonyl (C=O) groups excluding carboxylic acids is 1. The highest BCUT2D eigenvalue weighted by Gasteiger charge is 2.30. The number of aromatic nitrogens is 2. The summed E-state index contributed by atoms with van der Waals surface area (Å²) < 4.78 is 49.6. The van der Waals surface area contributed by atoms with Crippen LogP contribution in [0.3, 0.4) is 0 Å². The van der Waals surface area contributed by atoms with Gasteiger partial charge in [0.25, 0.3) is 11.5 Å². The molecule has 0 radical (unpaired) electrons. The third-order valence-corrected chi connectivity index (χ3v) is 4.54. The van der Waals surface area contributed by atoms with Gasteiger partial charge in [0.15, 0.2) is 0 Å². The van der Waals surface area contributed by atoms with Crippen LogP contribution in [-0.4, -0.2) is 46.7 Å². The van der Waals surface area contributed by atoms with E-state index in [1.807, 2.05) is 18.2 Å². The number of nitrogens with one attached hydrogen (secondary N) is 1. The van der Waals surface area contributed by atoms with Crippen LogP contribution in [0.4, 0.5) is 13.2 Å². The van der Waals surface area contributed by atoms with E-state index in [-0.39, 0.29) is 37.7 Å². The van der Waals surface area contributed by atoms with Crippen LogP contribution in [0.1, 0.15) is 16.1 Å². The van der Waals surface area contributed by atoms with Crippen molar-refractivity contribution >= 4 is 5.91 Å². The Hall–Kier alpha value is -3.86. The van der Waals surface area contributed by atoms with E-state index in [2.05, 4.69) is 10.4 Å². The van der Waals surface area contributed by atoms with E-state index in [1.54, 1.807) is 12.1 Å². The van der Waals surface area contributed by atoms with Crippen LogP contribution in [0.2, 0.25) is 0 Å². The zero-order valence-corrected chi connectivity index (χ0v) is 17.9. The van der Waals surface area contributed by atoms with Crippen molar-refractivity contribution in [3.8, 4) is 11.5 Å². The number of hydrogen-bond donors (Lipinski definition) is 2. The minimum atomic E-state index is -4.45. The fourth-order valence-electron chi connectivity index (χ4n) is 2.79. The monoisotopic (exact) mass is 477 g/mol. The number of alkyl halides is 3. The largest absolute Gasteiger partial charge is 0.492 e. The highest BCUT2D eigenvalue weighted by atomic mass is 19.4. The molecule has 0 spiro atoms. The third kappa shape index (κ3) is 7.34. The topological polar surface area (TPSA) is 103 Å².